The minimum Gasteiger partial charge on any atom is -0.469 e. The molecular weight excluding hydrogens is 330 g/mol. The number of rotatable bonds is 4. The van der Waals surface area contributed by atoms with E-state index in [1.54, 1.807) is 4.90 Å². The highest BCUT2D eigenvalue weighted by atomic mass is 16.6. The first kappa shape index (κ1) is 18.0. The van der Waals surface area contributed by atoms with Crippen LogP contribution < -0.4 is 0 Å². The van der Waals surface area contributed by atoms with E-state index in [9.17, 15) is 9.59 Å². The summed E-state index contributed by atoms with van der Waals surface area (Å²) in [7, 11) is 1.39. The summed E-state index contributed by atoms with van der Waals surface area (Å²) >= 11 is 0. The highest BCUT2D eigenvalue weighted by Gasteiger charge is 2.40. The van der Waals surface area contributed by atoms with Crippen molar-refractivity contribution in [2.24, 2.45) is 5.92 Å². The summed E-state index contributed by atoms with van der Waals surface area (Å²) in [6.07, 6.45) is 1.02. The molecule has 5 nitrogen and oxygen atoms in total. The van der Waals surface area contributed by atoms with Gasteiger partial charge in [-0.1, -0.05) is 60.7 Å². The van der Waals surface area contributed by atoms with E-state index in [-0.39, 0.29) is 24.5 Å². The smallest absolute Gasteiger partial charge is 0.410 e. The average molecular weight is 353 g/mol. The summed E-state index contributed by atoms with van der Waals surface area (Å²) in [5.41, 5.74) is 1.85. The Morgan fingerprint density at radius 2 is 1.69 bits per heavy atom. The van der Waals surface area contributed by atoms with Crippen LogP contribution in [0, 0.1) is 5.92 Å². The van der Waals surface area contributed by atoms with Crippen molar-refractivity contribution >= 4 is 12.1 Å². The lowest BCUT2D eigenvalue weighted by Crippen LogP contribution is -2.45. The van der Waals surface area contributed by atoms with Crippen molar-refractivity contribution in [2.45, 2.75) is 25.5 Å². The number of likely N-dealkylation sites (tertiary alicyclic amines) is 1. The fourth-order valence-corrected chi connectivity index (χ4v) is 3.46. The van der Waals surface area contributed by atoms with Gasteiger partial charge in [0, 0.05) is 6.54 Å². The van der Waals surface area contributed by atoms with E-state index >= 15 is 0 Å². The van der Waals surface area contributed by atoms with Crippen molar-refractivity contribution in [3.8, 4) is 0 Å². The average Bonchev–Trinajstić information content (AvgIpc) is 2.72. The SMILES string of the molecule is COC(=O)C1CCCN(C(=O)OCc2ccccc2)C1c1ccccc1. The van der Waals surface area contributed by atoms with Gasteiger partial charge in [0.15, 0.2) is 0 Å². The summed E-state index contributed by atoms with van der Waals surface area (Å²) in [6, 6.07) is 18.8. The topological polar surface area (TPSA) is 55.8 Å². The van der Waals surface area contributed by atoms with Crippen molar-refractivity contribution in [1.82, 2.24) is 4.90 Å². The molecule has 1 aliphatic rings. The Morgan fingerprint density at radius 1 is 1.04 bits per heavy atom. The van der Waals surface area contributed by atoms with Crippen LogP contribution in [0.1, 0.15) is 30.0 Å². The van der Waals surface area contributed by atoms with Gasteiger partial charge in [0.05, 0.1) is 19.1 Å². The maximum atomic E-state index is 12.8. The molecule has 1 amide bonds. The molecule has 2 unspecified atom stereocenters. The summed E-state index contributed by atoms with van der Waals surface area (Å²) in [4.78, 5) is 26.7. The van der Waals surface area contributed by atoms with Crippen molar-refractivity contribution in [1.29, 1.82) is 0 Å². The molecule has 2 aromatic rings. The first-order valence-electron chi connectivity index (χ1n) is 8.81. The molecule has 1 saturated heterocycles. The van der Waals surface area contributed by atoms with Gasteiger partial charge in [0.25, 0.3) is 0 Å². The number of hydrogen-bond acceptors (Lipinski definition) is 4. The molecule has 2 aromatic carbocycles. The minimum absolute atomic E-state index is 0.209. The molecule has 0 bridgehead atoms. The maximum absolute atomic E-state index is 12.8. The van der Waals surface area contributed by atoms with Crippen LogP contribution in [0.3, 0.4) is 0 Å². The van der Waals surface area contributed by atoms with E-state index in [0.29, 0.717) is 13.0 Å². The van der Waals surface area contributed by atoms with Crippen molar-refractivity contribution in [2.75, 3.05) is 13.7 Å². The third-order valence-corrected chi connectivity index (χ3v) is 4.72. The largest absolute Gasteiger partial charge is 0.469 e. The Balaban J connectivity index is 1.80. The fourth-order valence-electron chi connectivity index (χ4n) is 3.46. The fraction of sp³-hybridized carbons (Fsp3) is 0.333. The predicted molar refractivity (Wildman–Crippen MR) is 97.3 cm³/mol. The molecule has 5 heteroatoms. The summed E-state index contributed by atoms with van der Waals surface area (Å²) in [5, 5.41) is 0. The molecule has 0 aliphatic carbocycles. The molecule has 26 heavy (non-hydrogen) atoms. The van der Waals surface area contributed by atoms with Gasteiger partial charge in [-0.3, -0.25) is 4.79 Å². The van der Waals surface area contributed by atoms with Crippen LogP contribution >= 0.6 is 0 Å². The van der Waals surface area contributed by atoms with Crippen molar-refractivity contribution < 1.29 is 19.1 Å². The van der Waals surface area contributed by atoms with E-state index in [2.05, 4.69) is 0 Å². The molecule has 1 aliphatic heterocycles. The lowest BCUT2D eigenvalue weighted by Gasteiger charge is -2.39. The Bertz CT molecular complexity index is 732. The van der Waals surface area contributed by atoms with Gasteiger partial charge in [-0.2, -0.15) is 0 Å². The van der Waals surface area contributed by atoms with Gasteiger partial charge in [-0.15, -0.1) is 0 Å². The Hall–Kier alpha value is -2.82. The number of nitrogens with zero attached hydrogens (tertiary/aromatic N) is 1. The van der Waals surface area contributed by atoms with Gasteiger partial charge in [0.1, 0.15) is 6.61 Å². The zero-order chi connectivity index (χ0) is 18.4. The highest BCUT2D eigenvalue weighted by Crippen LogP contribution is 2.37. The molecule has 0 spiro atoms. The molecule has 2 atom stereocenters. The zero-order valence-electron chi connectivity index (χ0n) is 14.8. The number of hydrogen-bond donors (Lipinski definition) is 0. The van der Waals surface area contributed by atoms with Gasteiger partial charge >= 0.3 is 12.1 Å². The lowest BCUT2D eigenvalue weighted by atomic mass is 9.85. The molecule has 3 rings (SSSR count). The molecule has 0 aromatic heterocycles. The Kier molecular flexibility index (Phi) is 5.89. The third kappa shape index (κ3) is 4.04. The number of carbonyl (C=O) groups excluding carboxylic acids is 2. The highest BCUT2D eigenvalue weighted by molar-refractivity contribution is 5.76. The van der Waals surface area contributed by atoms with Gasteiger partial charge in [-0.05, 0) is 24.0 Å². The van der Waals surface area contributed by atoms with Crippen LogP contribution in [-0.4, -0.2) is 30.6 Å². The molecule has 136 valence electrons. The number of methoxy groups -OCH3 is 1. The maximum Gasteiger partial charge on any atom is 0.410 e. The minimum atomic E-state index is -0.406. The number of esters is 1. The standard InChI is InChI=1S/C21H23NO4/c1-25-20(23)18-13-8-14-22(19(18)17-11-6-3-7-12-17)21(24)26-15-16-9-4-2-5-10-16/h2-7,9-12,18-19H,8,13-15H2,1H3. The Labute approximate surface area is 153 Å². The lowest BCUT2D eigenvalue weighted by molar-refractivity contribution is -0.149. The first-order valence-corrected chi connectivity index (χ1v) is 8.81. The van der Waals surface area contributed by atoms with Gasteiger partial charge < -0.3 is 14.4 Å². The summed E-state index contributed by atoms with van der Waals surface area (Å²) in [6.45, 7) is 0.765. The number of benzene rings is 2. The number of piperidine rings is 1. The van der Waals surface area contributed by atoms with Crippen LogP contribution in [-0.2, 0) is 20.9 Å². The monoisotopic (exact) mass is 353 g/mol. The zero-order valence-corrected chi connectivity index (χ0v) is 14.8. The molecule has 0 saturated carbocycles. The van der Waals surface area contributed by atoms with E-state index in [1.165, 1.54) is 7.11 Å². The van der Waals surface area contributed by atoms with Crippen LogP contribution in [0.4, 0.5) is 4.79 Å². The number of carbonyl (C=O) groups is 2. The quantitative estimate of drug-likeness (QED) is 0.781. The normalized spacial score (nSPS) is 19.7. The third-order valence-electron chi connectivity index (χ3n) is 4.72. The molecule has 1 fully saturated rings. The predicted octanol–water partition coefficient (Wildman–Crippen LogP) is 3.95. The van der Waals surface area contributed by atoms with E-state index in [1.807, 2.05) is 60.7 Å². The Morgan fingerprint density at radius 3 is 2.35 bits per heavy atom. The molecule has 0 radical (unpaired) electrons. The number of ether oxygens (including phenoxy) is 2. The van der Waals surface area contributed by atoms with E-state index in [4.69, 9.17) is 9.47 Å². The van der Waals surface area contributed by atoms with Crippen LogP contribution in [0.2, 0.25) is 0 Å². The van der Waals surface area contributed by atoms with Crippen LogP contribution in [0.15, 0.2) is 60.7 Å². The molecule has 0 N–H and O–H groups in total. The van der Waals surface area contributed by atoms with Gasteiger partial charge in [-0.25, -0.2) is 4.79 Å². The van der Waals surface area contributed by atoms with E-state index in [0.717, 1.165) is 17.5 Å². The molecule has 1 heterocycles. The second-order valence-electron chi connectivity index (χ2n) is 6.36. The van der Waals surface area contributed by atoms with Crippen molar-refractivity contribution in [3.63, 3.8) is 0 Å². The first-order chi connectivity index (χ1) is 12.7. The molecular formula is C21H23NO4. The second kappa shape index (κ2) is 8.52. The van der Waals surface area contributed by atoms with Gasteiger partial charge in [0.2, 0.25) is 0 Å². The van der Waals surface area contributed by atoms with Crippen LogP contribution in [0.5, 0.6) is 0 Å². The van der Waals surface area contributed by atoms with Crippen LogP contribution in [0.25, 0.3) is 0 Å². The van der Waals surface area contributed by atoms with Crippen molar-refractivity contribution in [3.05, 3.63) is 71.8 Å². The van der Waals surface area contributed by atoms with E-state index < -0.39 is 6.09 Å². The second-order valence-corrected chi connectivity index (χ2v) is 6.36. The summed E-state index contributed by atoms with van der Waals surface area (Å²) in [5.74, 6) is -0.681. The number of amides is 1. The summed E-state index contributed by atoms with van der Waals surface area (Å²) < 4.78 is 10.5.